The topological polar surface area (TPSA) is 68.3 Å². The summed E-state index contributed by atoms with van der Waals surface area (Å²) in [5.74, 6) is 0. The van der Waals surface area contributed by atoms with E-state index < -0.39 is 19.7 Å². The minimum atomic E-state index is -5.67. The lowest BCUT2D eigenvalue weighted by Gasteiger charge is -1.91. The zero-order valence-corrected chi connectivity index (χ0v) is 9.36. The molecule has 0 aliphatic heterocycles. The molecule has 0 bridgehead atoms. The zero-order chi connectivity index (χ0) is 12.1. The summed E-state index contributed by atoms with van der Waals surface area (Å²) in [5, 5.41) is 0. The van der Waals surface area contributed by atoms with Gasteiger partial charge in [-0.15, -0.1) is 0 Å². The highest BCUT2D eigenvalue weighted by molar-refractivity contribution is 8.13. The number of halogens is 3. The van der Waals surface area contributed by atoms with Gasteiger partial charge in [0.05, 0.1) is 4.90 Å². The van der Waals surface area contributed by atoms with Crippen LogP contribution in [0.25, 0.3) is 0 Å². The van der Waals surface area contributed by atoms with Crippen LogP contribution >= 0.6 is 10.7 Å². The Hall–Kier alpha value is -0.730. The molecule has 0 atom stereocenters. The summed E-state index contributed by atoms with van der Waals surface area (Å²) >= 11 is 0. The van der Waals surface area contributed by atoms with Crippen LogP contribution in [0.2, 0.25) is 0 Å². The molecule has 86 valence electrons. The molecule has 1 rings (SSSR count). The lowest BCUT2D eigenvalue weighted by molar-refractivity contribution is 0.501. The molecular formula is C6H5ClF2O4S2. The van der Waals surface area contributed by atoms with Crippen molar-refractivity contribution in [2.24, 2.45) is 0 Å². The van der Waals surface area contributed by atoms with Crippen molar-refractivity contribution in [2.45, 2.75) is 4.90 Å². The van der Waals surface area contributed by atoms with Crippen LogP contribution in [0.4, 0.5) is 7.77 Å². The van der Waals surface area contributed by atoms with Crippen molar-refractivity contribution < 1.29 is 24.6 Å². The largest absolute Gasteiger partial charge is 0.476 e. The molecule has 9 heteroatoms. The molecule has 0 heterocycles. The minimum absolute atomic E-state index is 0.136. The molecule has 0 spiro atoms. The molecule has 1 aromatic carbocycles. The van der Waals surface area contributed by atoms with Crippen molar-refractivity contribution in [2.75, 3.05) is 0 Å². The Morgan fingerprint density at radius 2 is 1.27 bits per heavy atom. The third kappa shape index (κ3) is 9.57. The molecule has 0 saturated carbocycles. The fourth-order valence-electron chi connectivity index (χ4n) is 0.583. The molecule has 0 radical (unpaired) electrons. The van der Waals surface area contributed by atoms with Crippen LogP contribution in [0, 0.1) is 0 Å². The average Bonchev–Trinajstić information content (AvgIpc) is 2.01. The molecule has 4 nitrogen and oxygen atoms in total. The molecule has 0 unspecified atom stereocenters. The van der Waals surface area contributed by atoms with Crippen molar-refractivity contribution in [3.8, 4) is 0 Å². The molecule has 0 saturated heterocycles. The predicted octanol–water partition coefficient (Wildman–Crippen LogP) is 1.78. The van der Waals surface area contributed by atoms with E-state index in [4.69, 9.17) is 19.1 Å². The van der Waals surface area contributed by atoms with E-state index >= 15 is 0 Å². The molecule has 0 aliphatic carbocycles. The first-order valence-corrected chi connectivity index (χ1v) is 6.84. The Morgan fingerprint density at radius 1 is 0.933 bits per heavy atom. The fourth-order valence-corrected chi connectivity index (χ4v) is 1.37. The van der Waals surface area contributed by atoms with Gasteiger partial charge in [0.25, 0.3) is 9.05 Å². The van der Waals surface area contributed by atoms with Crippen molar-refractivity contribution in [3.05, 3.63) is 30.3 Å². The summed E-state index contributed by atoms with van der Waals surface area (Å²) in [5.41, 5.74) is 0. The van der Waals surface area contributed by atoms with E-state index in [1.165, 1.54) is 12.1 Å². The van der Waals surface area contributed by atoms with Gasteiger partial charge in [-0.1, -0.05) is 26.0 Å². The van der Waals surface area contributed by atoms with Crippen molar-refractivity contribution in [3.63, 3.8) is 0 Å². The quantitative estimate of drug-likeness (QED) is 0.735. The first-order valence-electron chi connectivity index (χ1n) is 3.24. The highest BCUT2D eigenvalue weighted by atomic mass is 35.7. The van der Waals surface area contributed by atoms with Gasteiger partial charge in [-0.2, -0.15) is 8.42 Å². The van der Waals surface area contributed by atoms with E-state index in [-0.39, 0.29) is 4.90 Å². The van der Waals surface area contributed by atoms with Crippen LogP contribution in [-0.2, 0) is 19.7 Å². The van der Waals surface area contributed by atoms with Gasteiger partial charge in [-0.25, -0.2) is 8.42 Å². The minimum Gasteiger partial charge on any atom is -0.207 e. The summed E-state index contributed by atoms with van der Waals surface area (Å²) in [7, 11) is -4.17. The van der Waals surface area contributed by atoms with Crippen LogP contribution in [-0.4, -0.2) is 16.8 Å². The van der Waals surface area contributed by atoms with Gasteiger partial charge >= 0.3 is 10.6 Å². The van der Waals surface area contributed by atoms with E-state index in [9.17, 15) is 16.2 Å². The molecule has 0 amide bonds. The number of benzene rings is 1. The molecule has 0 N–H and O–H groups in total. The Kier molecular flexibility index (Phi) is 5.12. The van der Waals surface area contributed by atoms with Gasteiger partial charge in [0.1, 0.15) is 0 Å². The maximum atomic E-state index is 10.6. The Labute approximate surface area is 90.4 Å². The highest BCUT2D eigenvalue weighted by Gasteiger charge is 2.06. The van der Waals surface area contributed by atoms with Crippen LogP contribution < -0.4 is 0 Å². The van der Waals surface area contributed by atoms with Gasteiger partial charge < -0.3 is 0 Å². The predicted molar refractivity (Wildman–Crippen MR) is 50.6 cm³/mol. The van der Waals surface area contributed by atoms with E-state index in [0.29, 0.717) is 0 Å². The van der Waals surface area contributed by atoms with Crippen LogP contribution in [0.5, 0.6) is 0 Å². The second-order valence-electron chi connectivity index (χ2n) is 2.13. The number of hydrogen-bond donors (Lipinski definition) is 0. The average molecular weight is 279 g/mol. The van der Waals surface area contributed by atoms with Crippen LogP contribution in [0.1, 0.15) is 0 Å². The second kappa shape index (κ2) is 5.38. The summed E-state index contributed by atoms with van der Waals surface area (Å²) in [6.07, 6.45) is 0. The molecule has 15 heavy (non-hydrogen) atoms. The summed E-state index contributed by atoms with van der Waals surface area (Å²) in [6, 6.07) is 7.86. The maximum Gasteiger partial charge on any atom is 0.476 e. The van der Waals surface area contributed by atoms with Crippen LogP contribution in [0.3, 0.4) is 0 Å². The number of rotatable bonds is 1. The summed E-state index contributed by atoms with van der Waals surface area (Å²) in [6.45, 7) is 0. The molecule has 0 aliphatic rings. The second-order valence-corrected chi connectivity index (χ2v) is 5.45. The first kappa shape index (κ1) is 14.3. The lowest BCUT2D eigenvalue weighted by Crippen LogP contribution is -1.87. The maximum absolute atomic E-state index is 10.6. The number of hydrogen-bond acceptors (Lipinski definition) is 4. The highest BCUT2D eigenvalue weighted by Crippen LogP contribution is 2.12. The van der Waals surface area contributed by atoms with E-state index in [2.05, 4.69) is 0 Å². The Bertz CT molecular complexity index is 489. The van der Waals surface area contributed by atoms with Gasteiger partial charge in [0.15, 0.2) is 0 Å². The SMILES string of the molecule is O=S(=O)(Cl)c1ccccc1.O=S(=O)(F)F. The summed E-state index contributed by atoms with van der Waals surface area (Å²) < 4.78 is 57.8. The van der Waals surface area contributed by atoms with Gasteiger partial charge in [-0.05, 0) is 12.1 Å². The lowest BCUT2D eigenvalue weighted by atomic mass is 10.4. The van der Waals surface area contributed by atoms with Crippen LogP contribution in [0.15, 0.2) is 35.2 Å². The monoisotopic (exact) mass is 278 g/mol. The van der Waals surface area contributed by atoms with Gasteiger partial charge in [-0.3, -0.25) is 0 Å². The summed E-state index contributed by atoms with van der Waals surface area (Å²) in [4.78, 5) is 0.136. The fraction of sp³-hybridized carbons (Fsp3) is 0. The van der Waals surface area contributed by atoms with E-state index in [0.717, 1.165) is 0 Å². The first-order chi connectivity index (χ1) is 6.61. The van der Waals surface area contributed by atoms with E-state index in [1.807, 2.05) is 0 Å². The third-order valence-electron chi connectivity index (χ3n) is 1.02. The van der Waals surface area contributed by atoms with E-state index in [1.54, 1.807) is 18.2 Å². The Morgan fingerprint density at radius 3 is 1.47 bits per heavy atom. The van der Waals surface area contributed by atoms with Gasteiger partial charge in [0, 0.05) is 10.7 Å². The zero-order valence-electron chi connectivity index (χ0n) is 6.97. The Balaban J connectivity index is 0.000000336. The molecule has 0 aromatic heterocycles. The third-order valence-corrected chi connectivity index (χ3v) is 2.39. The van der Waals surface area contributed by atoms with Crippen molar-refractivity contribution in [1.29, 1.82) is 0 Å². The normalized spacial score (nSPS) is 11.4. The van der Waals surface area contributed by atoms with Crippen molar-refractivity contribution in [1.82, 2.24) is 0 Å². The van der Waals surface area contributed by atoms with Gasteiger partial charge in [0.2, 0.25) is 0 Å². The smallest absolute Gasteiger partial charge is 0.207 e. The van der Waals surface area contributed by atoms with Crippen molar-refractivity contribution >= 4 is 30.3 Å². The standard InChI is InChI=1S/C6H5ClO2S.F2O2S/c7-10(8,9)6-4-2-1-3-5-6;1-5(2,3)4/h1-5H;. The molecular weight excluding hydrogens is 274 g/mol. The molecule has 0 fully saturated rings. The molecule has 1 aromatic rings.